The summed E-state index contributed by atoms with van der Waals surface area (Å²) in [5.41, 5.74) is 0.810. The average molecular weight is 264 g/mol. The van der Waals surface area contributed by atoms with Crippen LogP contribution in [-0.4, -0.2) is 43.8 Å². The maximum atomic E-state index is 13.3. The Bertz CT molecular complexity index is 484. The average Bonchev–Trinajstić information content (AvgIpc) is 2.91. The lowest BCUT2D eigenvalue weighted by Crippen LogP contribution is -2.37. The molecule has 1 aliphatic heterocycles. The Hall–Kier alpha value is -1.91. The van der Waals surface area contributed by atoms with E-state index in [-0.39, 0.29) is 18.0 Å². The molecule has 1 aromatic rings. The second kappa shape index (κ2) is 5.82. The molecule has 1 saturated heterocycles. The van der Waals surface area contributed by atoms with Gasteiger partial charge in [-0.3, -0.25) is 9.59 Å². The highest BCUT2D eigenvalue weighted by Gasteiger charge is 2.19. The van der Waals surface area contributed by atoms with Crippen LogP contribution in [0.4, 0.5) is 10.1 Å². The van der Waals surface area contributed by atoms with E-state index in [1.54, 1.807) is 18.0 Å². The van der Waals surface area contributed by atoms with E-state index in [2.05, 4.69) is 0 Å². The van der Waals surface area contributed by atoms with Crippen molar-refractivity contribution in [1.82, 2.24) is 4.90 Å². The Balaban J connectivity index is 2.06. The zero-order chi connectivity index (χ0) is 13.8. The first kappa shape index (κ1) is 13.5. The van der Waals surface area contributed by atoms with Crippen molar-refractivity contribution in [1.29, 1.82) is 0 Å². The Labute approximate surface area is 111 Å². The van der Waals surface area contributed by atoms with E-state index in [1.165, 1.54) is 12.1 Å². The summed E-state index contributed by atoms with van der Waals surface area (Å²) in [7, 11) is 1.72. The second-order valence-corrected chi connectivity index (χ2v) is 4.80. The van der Waals surface area contributed by atoms with Gasteiger partial charge in [-0.25, -0.2) is 4.39 Å². The molecule has 1 aromatic carbocycles. The summed E-state index contributed by atoms with van der Waals surface area (Å²) in [4.78, 5) is 26.2. The van der Waals surface area contributed by atoms with Gasteiger partial charge < -0.3 is 9.80 Å². The van der Waals surface area contributed by atoms with Crippen molar-refractivity contribution >= 4 is 17.9 Å². The molecule has 19 heavy (non-hydrogen) atoms. The highest BCUT2D eigenvalue weighted by molar-refractivity contribution is 5.82. The number of amides is 1. The van der Waals surface area contributed by atoms with E-state index >= 15 is 0 Å². The third-order valence-electron chi connectivity index (χ3n) is 3.31. The van der Waals surface area contributed by atoms with Crippen LogP contribution in [0.5, 0.6) is 0 Å². The first-order valence-corrected chi connectivity index (χ1v) is 6.35. The van der Waals surface area contributed by atoms with Crippen LogP contribution in [0.15, 0.2) is 18.2 Å². The topological polar surface area (TPSA) is 40.6 Å². The van der Waals surface area contributed by atoms with Crippen molar-refractivity contribution in [3.8, 4) is 0 Å². The summed E-state index contributed by atoms with van der Waals surface area (Å²) < 4.78 is 13.3. The number of rotatable bonds is 4. The number of aldehydes is 1. The highest BCUT2D eigenvalue weighted by Crippen LogP contribution is 2.17. The summed E-state index contributed by atoms with van der Waals surface area (Å²) in [6, 6.07) is 4.07. The number of benzene rings is 1. The fraction of sp³-hybridized carbons (Fsp3) is 0.429. The Morgan fingerprint density at radius 1 is 1.37 bits per heavy atom. The number of anilines is 1. The quantitative estimate of drug-likeness (QED) is 0.777. The SMILES string of the molecule is CN(CC(=O)N1CCCC1)c1cc(F)cc(C=O)c1. The third kappa shape index (κ3) is 3.30. The van der Waals surface area contributed by atoms with E-state index in [0.717, 1.165) is 25.9 Å². The van der Waals surface area contributed by atoms with Gasteiger partial charge >= 0.3 is 0 Å². The number of halogens is 1. The van der Waals surface area contributed by atoms with Crippen LogP contribution < -0.4 is 4.90 Å². The lowest BCUT2D eigenvalue weighted by atomic mass is 10.2. The zero-order valence-corrected chi connectivity index (χ0v) is 10.9. The van der Waals surface area contributed by atoms with E-state index in [1.807, 2.05) is 4.90 Å². The summed E-state index contributed by atoms with van der Waals surface area (Å²) in [6.07, 6.45) is 2.69. The van der Waals surface area contributed by atoms with Crippen molar-refractivity contribution in [2.75, 3.05) is 31.6 Å². The van der Waals surface area contributed by atoms with Gasteiger partial charge in [-0.1, -0.05) is 0 Å². The molecule has 0 aromatic heterocycles. The number of nitrogens with zero attached hydrogens (tertiary/aromatic N) is 2. The monoisotopic (exact) mass is 264 g/mol. The molecule has 0 atom stereocenters. The van der Waals surface area contributed by atoms with Gasteiger partial charge in [0.2, 0.25) is 5.91 Å². The van der Waals surface area contributed by atoms with Crippen LogP contribution in [0.25, 0.3) is 0 Å². The van der Waals surface area contributed by atoms with Crippen molar-refractivity contribution in [3.05, 3.63) is 29.6 Å². The molecule has 0 aliphatic carbocycles. The van der Waals surface area contributed by atoms with Crippen molar-refractivity contribution in [2.45, 2.75) is 12.8 Å². The van der Waals surface area contributed by atoms with E-state index in [0.29, 0.717) is 12.0 Å². The van der Waals surface area contributed by atoms with E-state index in [9.17, 15) is 14.0 Å². The first-order valence-electron chi connectivity index (χ1n) is 6.35. The molecule has 2 rings (SSSR count). The molecule has 4 nitrogen and oxygen atoms in total. The largest absolute Gasteiger partial charge is 0.365 e. The van der Waals surface area contributed by atoms with Crippen LogP contribution in [-0.2, 0) is 4.79 Å². The van der Waals surface area contributed by atoms with Gasteiger partial charge in [-0.15, -0.1) is 0 Å². The predicted octanol–water partition coefficient (Wildman–Crippen LogP) is 1.70. The van der Waals surface area contributed by atoms with Crippen molar-refractivity contribution in [3.63, 3.8) is 0 Å². The highest BCUT2D eigenvalue weighted by atomic mass is 19.1. The third-order valence-corrected chi connectivity index (χ3v) is 3.31. The molecule has 1 amide bonds. The minimum Gasteiger partial charge on any atom is -0.365 e. The molecule has 0 N–H and O–H groups in total. The molecule has 0 saturated carbocycles. The van der Waals surface area contributed by atoms with Crippen LogP contribution in [0.1, 0.15) is 23.2 Å². The predicted molar refractivity (Wildman–Crippen MR) is 70.9 cm³/mol. The summed E-state index contributed by atoms with van der Waals surface area (Å²) in [6.45, 7) is 1.80. The van der Waals surface area contributed by atoms with Gasteiger partial charge in [0, 0.05) is 31.4 Å². The minimum absolute atomic E-state index is 0.0388. The molecule has 0 unspecified atom stereocenters. The second-order valence-electron chi connectivity index (χ2n) is 4.80. The summed E-state index contributed by atoms with van der Waals surface area (Å²) in [5.74, 6) is -0.433. The Morgan fingerprint density at radius 2 is 2.05 bits per heavy atom. The van der Waals surface area contributed by atoms with Crippen LogP contribution in [0.2, 0.25) is 0 Å². The number of hydrogen-bond donors (Lipinski definition) is 0. The van der Waals surface area contributed by atoms with Gasteiger partial charge in [0.25, 0.3) is 0 Å². The fourth-order valence-corrected chi connectivity index (χ4v) is 2.25. The van der Waals surface area contributed by atoms with Gasteiger partial charge in [-0.2, -0.15) is 0 Å². The minimum atomic E-state index is -0.472. The lowest BCUT2D eigenvalue weighted by Gasteiger charge is -2.23. The first-order chi connectivity index (χ1) is 9.10. The van der Waals surface area contributed by atoms with E-state index in [4.69, 9.17) is 0 Å². The van der Waals surface area contributed by atoms with Crippen molar-refractivity contribution < 1.29 is 14.0 Å². The van der Waals surface area contributed by atoms with Gasteiger partial charge in [0.05, 0.1) is 6.54 Å². The Kier molecular flexibility index (Phi) is 4.14. The molecule has 1 heterocycles. The maximum absolute atomic E-state index is 13.3. The van der Waals surface area contributed by atoms with Gasteiger partial charge in [0.15, 0.2) is 0 Å². The standard InChI is InChI=1S/C14H17FN2O2/c1-16(9-14(19)17-4-2-3-5-17)13-7-11(10-18)6-12(15)8-13/h6-8,10H,2-5,9H2,1H3. The van der Waals surface area contributed by atoms with E-state index < -0.39 is 5.82 Å². The smallest absolute Gasteiger partial charge is 0.242 e. The van der Waals surface area contributed by atoms with Crippen LogP contribution in [0.3, 0.4) is 0 Å². The molecule has 0 radical (unpaired) electrons. The molecule has 102 valence electrons. The molecular weight excluding hydrogens is 247 g/mol. The number of carbonyl (C=O) groups excluding carboxylic acids is 2. The lowest BCUT2D eigenvalue weighted by molar-refractivity contribution is -0.128. The molecule has 1 fully saturated rings. The zero-order valence-electron chi connectivity index (χ0n) is 10.9. The molecule has 0 spiro atoms. The number of likely N-dealkylation sites (tertiary alicyclic amines) is 1. The number of hydrogen-bond acceptors (Lipinski definition) is 3. The van der Waals surface area contributed by atoms with Crippen LogP contribution in [0, 0.1) is 5.82 Å². The number of carbonyl (C=O) groups is 2. The normalized spacial score (nSPS) is 14.5. The summed E-state index contributed by atoms with van der Waals surface area (Å²) >= 11 is 0. The summed E-state index contributed by atoms with van der Waals surface area (Å²) in [5, 5.41) is 0. The van der Waals surface area contributed by atoms with Crippen LogP contribution >= 0.6 is 0 Å². The molecule has 1 aliphatic rings. The maximum Gasteiger partial charge on any atom is 0.242 e. The van der Waals surface area contributed by atoms with Gasteiger partial charge in [0.1, 0.15) is 12.1 Å². The molecule has 5 heteroatoms. The van der Waals surface area contributed by atoms with Crippen molar-refractivity contribution in [2.24, 2.45) is 0 Å². The molecule has 0 bridgehead atoms. The fourth-order valence-electron chi connectivity index (χ4n) is 2.25. The Morgan fingerprint density at radius 3 is 2.68 bits per heavy atom. The molecular formula is C14H17FN2O2. The van der Waals surface area contributed by atoms with Gasteiger partial charge in [-0.05, 0) is 31.0 Å². The number of likely N-dealkylation sites (N-methyl/N-ethyl adjacent to an activating group) is 1.